The minimum Gasteiger partial charge on any atom is -0.333 e. The van der Waals surface area contributed by atoms with Crippen molar-refractivity contribution in [1.29, 1.82) is 0 Å². The molecule has 0 N–H and O–H groups in total. The van der Waals surface area contributed by atoms with Crippen molar-refractivity contribution in [3.8, 4) is 0 Å². The molecule has 2 nitrogen and oxygen atoms in total. The second-order valence-electron chi connectivity index (χ2n) is 3.79. The van der Waals surface area contributed by atoms with Crippen molar-refractivity contribution in [1.82, 2.24) is 4.90 Å². The van der Waals surface area contributed by atoms with Crippen LogP contribution in [0.4, 0.5) is 8.78 Å². The molecule has 0 aromatic rings. The van der Waals surface area contributed by atoms with Crippen LogP contribution in [0.25, 0.3) is 0 Å². The molecular weight excluding hydrogens is 200 g/mol. The highest BCUT2D eigenvalue weighted by atomic mass is 35.5. The lowest BCUT2D eigenvalue weighted by molar-refractivity contribution is -0.148. The Morgan fingerprint density at radius 3 is 2.54 bits per heavy atom. The third-order valence-corrected chi connectivity index (χ3v) is 3.07. The first-order valence-corrected chi connectivity index (χ1v) is 4.74. The van der Waals surface area contributed by atoms with Crippen molar-refractivity contribution in [2.75, 3.05) is 6.54 Å². The molecule has 2 bridgehead atoms. The predicted molar refractivity (Wildman–Crippen MR) is 43.6 cm³/mol. The summed E-state index contributed by atoms with van der Waals surface area (Å²) in [5.41, 5.74) is 0. The molecule has 1 saturated carbocycles. The van der Waals surface area contributed by atoms with Crippen LogP contribution in [-0.4, -0.2) is 28.8 Å². The van der Waals surface area contributed by atoms with E-state index in [2.05, 4.69) is 11.6 Å². The standard InChI is InChI=1S/C8H10ClF2NO/c9-8(10,11)7(13)12-4-5-1-2-6(12)3-5/h5-6H,1-4H2. The Kier molecular flexibility index (Phi) is 1.98. The molecule has 74 valence electrons. The third-order valence-electron chi connectivity index (χ3n) is 2.91. The summed E-state index contributed by atoms with van der Waals surface area (Å²) in [4.78, 5) is 12.3. The summed E-state index contributed by atoms with van der Waals surface area (Å²) in [5.74, 6) is -0.797. The Labute approximate surface area is 79.8 Å². The Hall–Kier alpha value is -0.380. The van der Waals surface area contributed by atoms with Crippen LogP contribution in [0.5, 0.6) is 0 Å². The van der Waals surface area contributed by atoms with Gasteiger partial charge in [-0.1, -0.05) is 0 Å². The van der Waals surface area contributed by atoms with Gasteiger partial charge in [-0.15, -0.1) is 0 Å². The molecule has 2 atom stereocenters. The van der Waals surface area contributed by atoms with Crippen LogP contribution < -0.4 is 0 Å². The first kappa shape index (κ1) is 9.19. The maximum absolute atomic E-state index is 12.5. The average molecular weight is 210 g/mol. The van der Waals surface area contributed by atoms with Crippen LogP contribution >= 0.6 is 11.6 Å². The lowest BCUT2D eigenvalue weighted by Crippen LogP contribution is -2.44. The molecule has 0 aromatic heterocycles. The fourth-order valence-corrected chi connectivity index (χ4v) is 2.44. The highest BCUT2D eigenvalue weighted by Crippen LogP contribution is 2.39. The average Bonchev–Trinajstić information content (AvgIpc) is 2.60. The van der Waals surface area contributed by atoms with Gasteiger partial charge in [0.25, 0.3) is 0 Å². The van der Waals surface area contributed by atoms with E-state index < -0.39 is 11.3 Å². The lowest BCUT2D eigenvalue weighted by atomic mass is 10.1. The molecule has 1 saturated heterocycles. The number of hydrogen-bond acceptors (Lipinski definition) is 1. The quantitative estimate of drug-likeness (QED) is 0.604. The summed E-state index contributed by atoms with van der Waals surface area (Å²) >= 11 is 4.68. The summed E-state index contributed by atoms with van der Waals surface area (Å²) in [5, 5.41) is -3.72. The maximum Gasteiger partial charge on any atom is 0.399 e. The van der Waals surface area contributed by atoms with Gasteiger partial charge in [0, 0.05) is 12.6 Å². The van der Waals surface area contributed by atoms with Gasteiger partial charge in [0.05, 0.1) is 0 Å². The van der Waals surface area contributed by atoms with Crippen LogP contribution in [0.1, 0.15) is 19.3 Å². The number of amides is 1. The van der Waals surface area contributed by atoms with Crippen LogP contribution in [0.15, 0.2) is 0 Å². The van der Waals surface area contributed by atoms with E-state index in [-0.39, 0.29) is 6.04 Å². The summed E-state index contributed by atoms with van der Waals surface area (Å²) in [6, 6.07) is 0.0159. The number of carbonyl (C=O) groups is 1. The number of carbonyl (C=O) groups excluding carboxylic acids is 1. The lowest BCUT2D eigenvalue weighted by Gasteiger charge is -2.28. The zero-order valence-corrected chi connectivity index (χ0v) is 7.73. The Morgan fingerprint density at radius 2 is 2.15 bits per heavy atom. The van der Waals surface area contributed by atoms with E-state index in [4.69, 9.17) is 0 Å². The van der Waals surface area contributed by atoms with Crippen molar-refractivity contribution >= 4 is 17.5 Å². The van der Waals surface area contributed by atoms with Crippen LogP contribution in [-0.2, 0) is 4.79 Å². The molecule has 0 aromatic carbocycles. The second-order valence-corrected chi connectivity index (χ2v) is 4.26. The summed E-state index contributed by atoms with van der Waals surface area (Å²) in [6.07, 6.45) is 2.78. The molecule has 2 fully saturated rings. The molecule has 1 amide bonds. The number of fused-ring (bicyclic) bond motifs is 2. The van der Waals surface area contributed by atoms with Gasteiger partial charge >= 0.3 is 11.3 Å². The SMILES string of the molecule is O=C(N1CC2CCC1C2)C(F)(F)Cl. The van der Waals surface area contributed by atoms with E-state index in [1.165, 1.54) is 4.90 Å². The number of hydrogen-bond donors (Lipinski definition) is 0. The number of halogens is 3. The topological polar surface area (TPSA) is 20.3 Å². The minimum absolute atomic E-state index is 0.0159. The van der Waals surface area contributed by atoms with Gasteiger partial charge in [-0.3, -0.25) is 4.79 Å². The normalized spacial score (nSPS) is 32.7. The summed E-state index contributed by atoms with van der Waals surface area (Å²) in [7, 11) is 0. The molecule has 5 heteroatoms. The third kappa shape index (κ3) is 1.52. The molecule has 13 heavy (non-hydrogen) atoms. The van der Waals surface area contributed by atoms with Crippen molar-refractivity contribution in [3.05, 3.63) is 0 Å². The zero-order valence-electron chi connectivity index (χ0n) is 6.97. The van der Waals surface area contributed by atoms with Crippen molar-refractivity contribution in [2.45, 2.75) is 30.7 Å². The van der Waals surface area contributed by atoms with E-state index in [0.717, 1.165) is 19.3 Å². The predicted octanol–water partition coefficient (Wildman–Crippen LogP) is 1.83. The van der Waals surface area contributed by atoms with E-state index in [0.29, 0.717) is 12.5 Å². The zero-order chi connectivity index (χ0) is 9.64. The van der Waals surface area contributed by atoms with E-state index in [1.54, 1.807) is 0 Å². The fraction of sp³-hybridized carbons (Fsp3) is 0.875. The smallest absolute Gasteiger partial charge is 0.333 e. The summed E-state index contributed by atoms with van der Waals surface area (Å²) in [6.45, 7) is 0.464. The van der Waals surface area contributed by atoms with Gasteiger partial charge in [0.2, 0.25) is 0 Å². The monoisotopic (exact) mass is 209 g/mol. The van der Waals surface area contributed by atoms with Crippen molar-refractivity contribution < 1.29 is 13.6 Å². The molecule has 1 heterocycles. The fourth-order valence-electron chi connectivity index (χ4n) is 2.34. The van der Waals surface area contributed by atoms with Crippen molar-refractivity contribution in [3.63, 3.8) is 0 Å². The van der Waals surface area contributed by atoms with E-state index >= 15 is 0 Å². The van der Waals surface area contributed by atoms with Gasteiger partial charge in [-0.25, -0.2) is 0 Å². The molecule has 2 rings (SSSR count). The number of alkyl halides is 3. The number of piperidine rings is 1. The van der Waals surface area contributed by atoms with E-state index in [9.17, 15) is 13.6 Å². The molecule has 1 aliphatic heterocycles. The molecule has 0 radical (unpaired) electrons. The van der Waals surface area contributed by atoms with Crippen molar-refractivity contribution in [2.24, 2.45) is 5.92 Å². The Balaban J connectivity index is 2.07. The Morgan fingerprint density at radius 1 is 1.46 bits per heavy atom. The largest absolute Gasteiger partial charge is 0.399 e. The molecule has 1 aliphatic carbocycles. The highest BCUT2D eigenvalue weighted by Gasteiger charge is 2.48. The van der Waals surface area contributed by atoms with Crippen LogP contribution in [0.2, 0.25) is 0 Å². The first-order chi connectivity index (χ1) is 5.98. The number of likely N-dealkylation sites (tertiary alicyclic amines) is 1. The minimum atomic E-state index is -3.72. The second kappa shape index (κ2) is 2.80. The number of rotatable bonds is 1. The first-order valence-electron chi connectivity index (χ1n) is 4.36. The highest BCUT2D eigenvalue weighted by molar-refractivity contribution is 6.32. The van der Waals surface area contributed by atoms with E-state index in [1.807, 2.05) is 0 Å². The number of nitrogens with zero attached hydrogens (tertiary/aromatic N) is 1. The molecule has 2 unspecified atom stereocenters. The van der Waals surface area contributed by atoms with Gasteiger partial charge in [-0.2, -0.15) is 8.78 Å². The van der Waals surface area contributed by atoms with Gasteiger partial charge in [0.1, 0.15) is 0 Å². The summed E-state index contributed by atoms with van der Waals surface area (Å²) < 4.78 is 24.9. The maximum atomic E-state index is 12.5. The van der Waals surface area contributed by atoms with Crippen LogP contribution in [0, 0.1) is 5.92 Å². The van der Waals surface area contributed by atoms with Gasteiger partial charge < -0.3 is 4.90 Å². The molecular formula is C8H10ClF2NO. The Bertz CT molecular complexity index is 241. The molecule has 0 spiro atoms. The van der Waals surface area contributed by atoms with Crippen LogP contribution in [0.3, 0.4) is 0 Å². The van der Waals surface area contributed by atoms with Gasteiger partial charge in [0.15, 0.2) is 0 Å². The van der Waals surface area contributed by atoms with Gasteiger partial charge in [-0.05, 0) is 36.8 Å². The molecule has 2 aliphatic rings.